The minimum absolute atomic E-state index is 0.617. The molecule has 12 heavy (non-hydrogen) atoms. The lowest BCUT2D eigenvalue weighted by Crippen LogP contribution is -2.02. The number of hydrogen-bond acceptors (Lipinski definition) is 3. The summed E-state index contributed by atoms with van der Waals surface area (Å²) in [6.07, 6.45) is 5.38. The van der Waals surface area contributed by atoms with Crippen molar-refractivity contribution in [1.82, 2.24) is 10.2 Å². The van der Waals surface area contributed by atoms with E-state index in [9.17, 15) is 0 Å². The summed E-state index contributed by atoms with van der Waals surface area (Å²) in [7, 11) is 0. The van der Waals surface area contributed by atoms with Gasteiger partial charge in [0.25, 0.3) is 0 Å². The third-order valence-corrected chi connectivity index (χ3v) is 1.76. The molecule has 0 atom stereocenters. The maximum atomic E-state index is 5.57. The SMILES string of the molecule is CCCCCNc1cn[nH]c1N. The number of nitrogens with zero attached hydrogens (tertiary/aromatic N) is 1. The first kappa shape index (κ1) is 8.90. The van der Waals surface area contributed by atoms with Crippen LogP contribution in [0, 0.1) is 0 Å². The summed E-state index contributed by atoms with van der Waals surface area (Å²) in [6.45, 7) is 3.16. The minimum atomic E-state index is 0.617. The number of unbranched alkanes of at least 4 members (excludes halogenated alkanes) is 2. The van der Waals surface area contributed by atoms with E-state index in [1.54, 1.807) is 6.20 Å². The lowest BCUT2D eigenvalue weighted by atomic mass is 10.2. The molecule has 0 bridgehead atoms. The van der Waals surface area contributed by atoms with Gasteiger partial charge in [-0.3, -0.25) is 5.10 Å². The van der Waals surface area contributed by atoms with Gasteiger partial charge in [0.2, 0.25) is 0 Å². The van der Waals surface area contributed by atoms with Gasteiger partial charge >= 0.3 is 0 Å². The molecule has 1 aromatic heterocycles. The maximum absolute atomic E-state index is 5.57. The van der Waals surface area contributed by atoms with Gasteiger partial charge in [-0.15, -0.1) is 0 Å². The van der Waals surface area contributed by atoms with Crippen molar-refractivity contribution in [2.24, 2.45) is 0 Å². The first-order valence-corrected chi connectivity index (χ1v) is 4.37. The Bertz CT molecular complexity index is 219. The average Bonchev–Trinajstić information content (AvgIpc) is 2.46. The highest BCUT2D eigenvalue weighted by molar-refractivity contribution is 5.59. The average molecular weight is 168 g/mol. The van der Waals surface area contributed by atoms with Crippen LogP contribution < -0.4 is 11.1 Å². The van der Waals surface area contributed by atoms with Gasteiger partial charge in [-0.2, -0.15) is 5.10 Å². The molecule has 0 aliphatic carbocycles. The first-order chi connectivity index (χ1) is 5.84. The molecule has 4 nitrogen and oxygen atoms in total. The van der Waals surface area contributed by atoms with Gasteiger partial charge in [0.15, 0.2) is 0 Å². The molecule has 0 spiro atoms. The van der Waals surface area contributed by atoms with E-state index in [0.717, 1.165) is 12.2 Å². The predicted molar refractivity (Wildman–Crippen MR) is 51.0 cm³/mol. The van der Waals surface area contributed by atoms with Crippen LogP contribution in [0.15, 0.2) is 6.20 Å². The zero-order valence-corrected chi connectivity index (χ0v) is 7.43. The van der Waals surface area contributed by atoms with Crippen LogP contribution in [0.2, 0.25) is 0 Å². The van der Waals surface area contributed by atoms with E-state index < -0.39 is 0 Å². The smallest absolute Gasteiger partial charge is 0.142 e. The van der Waals surface area contributed by atoms with Crippen LogP contribution in [-0.2, 0) is 0 Å². The van der Waals surface area contributed by atoms with Crippen LogP contribution in [0.4, 0.5) is 11.5 Å². The lowest BCUT2D eigenvalue weighted by Gasteiger charge is -2.02. The highest BCUT2D eigenvalue weighted by atomic mass is 15.2. The summed E-state index contributed by atoms with van der Waals surface area (Å²) in [6, 6.07) is 0. The molecule has 0 saturated carbocycles. The Morgan fingerprint density at radius 3 is 3.00 bits per heavy atom. The molecule has 0 aromatic carbocycles. The van der Waals surface area contributed by atoms with E-state index in [0.29, 0.717) is 5.82 Å². The highest BCUT2D eigenvalue weighted by Crippen LogP contribution is 2.12. The molecule has 1 aromatic rings. The summed E-state index contributed by atoms with van der Waals surface area (Å²) < 4.78 is 0. The van der Waals surface area contributed by atoms with Crippen LogP contribution in [0.5, 0.6) is 0 Å². The molecule has 0 unspecified atom stereocenters. The Balaban J connectivity index is 2.20. The van der Waals surface area contributed by atoms with E-state index in [1.807, 2.05) is 0 Å². The lowest BCUT2D eigenvalue weighted by molar-refractivity contribution is 0.744. The van der Waals surface area contributed by atoms with Crippen LogP contribution in [0.3, 0.4) is 0 Å². The molecule has 1 heterocycles. The Morgan fingerprint density at radius 2 is 2.42 bits per heavy atom. The largest absolute Gasteiger partial charge is 0.382 e. The van der Waals surface area contributed by atoms with Crippen LogP contribution in [0.1, 0.15) is 26.2 Å². The summed E-state index contributed by atoms with van der Waals surface area (Å²) in [5.74, 6) is 0.617. The van der Waals surface area contributed by atoms with E-state index in [2.05, 4.69) is 22.4 Å². The molecule has 0 fully saturated rings. The fourth-order valence-corrected chi connectivity index (χ4v) is 1.04. The Labute approximate surface area is 72.5 Å². The summed E-state index contributed by atoms with van der Waals surface area (Å²) in [4.78, 5) is 0. The zero-order chi connectivity index (χ0) is 8.81. The minimum Gasteiger partial charge on any atom is -0.382 e. The summed E-state index contributed by atoms with van der Waals surface area (Å²) in [5, 5.41) is 9.69. The van der Waals surface area contributed by atoms with Gasteiger partial charge in [-0.05, 0) is 6.42 Å². The van der Waals surface area contributed by atoms with Crippen molar-refractivity contribution in [2.45, 2.75) is 26.2 Å². The van der Waals surface area contributed by atoms with Crippen molar-refractivity contribution in [1.29, 1.82) is 0 Å². The number of nitrogens with one attached hydrogen (secondary N) is 2. The number of nitrogen functional groups attached to an aromatic ring is 1. The number of rotatable bonds is 5. The summed E-state index contributed by atoms with van der Waals surface area (Å²) in [5.41, 5.74) is 6.48. The van der Waals surface area contributed by atoms with Crippen molar-refractivity contribution < 1.29 is 0 Å². The molecule has 0 radical (unpaired) electrons. The van der Waals surface area contributed by atoms with Crippen LogP contribution in [0.25, 0.3) is 0 Å². The van der Waals surface area contributed by atoms with Gasteiger partial charge in [0.05, 0.1) is 11.9 Å². The Kier molecular flexibility index (Phi) is 3.44. The van der Waals surface area contributed by atoms with Gasteiger partial charge in [0.1, 0.15) is 5.82 Å². The second kappa shape index (κ2) is 4.64. The van der Waals surface area contributed by atoms with E-state index >= 15 is 0 Å². The molecule has 0 saturated heterocycles. The fourth-order valence-electron chi connectivity index (χ4n) is 1.04. The molecular formula is C8H16N4. The molecule has 68 valence electrons. The number of nitrogens with two attached hydrogens (primary N) is 1. The third kappa shape index (κ3) is 2.45. The summed E-state index contributed by atoms with van der Waals surface area (Å²) >= 11 is 0. The monoisotopic (exact) mass is 168 g/mol. The topological polar surface area (TPSA) is 66.7 Å². The Morgan fingerprint density at radius 1 is 1.58 bits per heavy atom. The normalized spacial score (nSPS) is 10.1. The number of hydrogen-bond donors (Lipinski definition) is 3. The molecule has 4 heteroatoms. The van der Waals surface area contributed by atoms with Crippen molar-refractivity contribution in [3.63, 3.8) is 0 Å². The molecular weight excluding hydrogens is 152 g/mol. The second-order valence-electron chi connectivity index (χ2n) is 2.83. The van der Waals surface area contributed by atoms with Gasteiger partial charge < -0.3 is 11.1 Å². The van der Waals surface area contributed by atoms with Crippen molar-refractivity contribution in [2.75, 3.05) is 17.6 Å². The molecule has 4 N–H and O–H groups in total. The van der Waals surface area contributed by atoms with Crippen molar-refractivity contribution >= 4 is 11.5 Å². The molecule has 1 rings (SSSR count). The molecule has 0 aliphatic heterocycles. The number of aromatic amines is 1. The zero-order valence-electron chi connectivity index (χ0n) is 7.43. The van der Waals surface area contributed by atoms with E-state index in [-0.39, 0.29) is 0 Å². The predicted octanol–water partition coefficient (Wildman–Crippen LogP) is 1.59. The van der Waals surface area contributed by atoms with Crippen LogP contribution in [-0.4, -0.2) is 16.7 Å². The van der Waals surface area contributed by atoms with Crippen LogP contribution >= 0.6 is 0 Å². The van der Waals surface area contributed by atoms with E-state index in [1.165, 1.54) is 19.3 Å². The number of H-pyrrole nitrogens is 1. The molecule has 0 amide bonds. The maximum Gasteiger partial charge on any atom is 0.142 e. The number of aromatic nitrogens is 2. The fraction of sp³-hybridized carbons (Fsp3) is 0.625. The highest BCUT2D eigenvalue weighted by Gasteiger charge is 1.97. The molecule has 0 aliphatic rings. The quantitative estimate of drug-likeness (QED) is 0.585. The van der Waals surface area contributed by atoms with Gasteiger partial charge in [-0.1, -0.05) is 19.8 Å². The second-order valence-corrected chi connectivity index (χ2v) is 2.83. The first-order valence-electron chi connectivity index (χ1n) is 4.37. The standard InChI is InChI=1S/C8H16N4/c1-2-3-4-5-10-7-6-11-12-8(7)9/h6,10H,2-5H2,1H3,(H3,9,11,12). The van der Waals surface area contributed by atoms with E-state index in [4.69, 9.17) is 5.73 Å². The van der Waals surface area contributed by atoms with Gasteiger partial charge in [0, 0.05) is 6.54 Å². The number of anilines is 2. The third-order valence-electron chi connectivity index (χ3n) is 1.76. The van der Waals surface area contributed by atoms with Crippen molar-refractivity contribution in [3.05, 3.63) is 6.20 Å². The van der Waals surface area contributed by atoms with Crippen molar-refractivity contribution in [3.8, 4) is 0 Å². The van der Waals surface area contributed by atoms with Gasteiger partial charge in [-0.25, -0.2) is 0 Å². The Hall–Kier alpha value is -1.19.